The first-order chi connectivity index (χ1) is 7.81. The van der Waals surface area contributed by atoms with Crippen LogP contribution < -0.4 is 10.2 Å². The third-order valence-corrected chi connectivity index (χ3v) is 3.37. The topological polar surface area (TPSA) is 28.2 Å². The summed E-state index contributed by atoms with van der Waals surface area (Å²) in [5, 5.41) is 3.36. The summed E-state index contributed by atoms with van der Waals surface area (Å²) in [7, 11) is 0. The Kier molecular flexibility index (Phi) is 3.78. The number of rotatable bonds is 3. The van der Waals surface area contributed by atoms with Crippen molar-refractivity contribution in [2.75, 3.05) is 31.1 Å². The zero-order chi connectivity index (χ0) is 11.4. The van der Waals surface area contributed by atoms with Crippen LogP contribution in [0, 0.1) is 0 Å². The Balaban J connectivity index is 2.06. The van der Waals surface area contributed by atoms with E-state index in [-0.39, 0.29) is 0 Å². The SMILES string of the molecule is CCC(C)c1ccc(N2CCNCC2)cn1. The Bertz CT molecular complexity index is 314. The number of anilines is 1. The summed E-state index contributed by atoms with van der Waals surface area (Å²) in [6.45, 7) is 8.76. The molecule has 1 aliphatic heterocycles. The lowest BCUT2D eigenvalue weighted by molar-refractivity contribution is 0.588. The van der Waals surface area contributed by atoms with Crippen LogP contribution in [-0.4, -0.2) is 31.2 Å². The Morgan fingerprint density at radius 3 is 2.69 bits per heavy atom. The van der Waals surface area contributed by atoms with Crippen LogP contribution in [-0.2, 0) is 0 Å². The minimum absolute atomic E-state index is 0.567. The summed E-state index contributed by atoms with van der Waals surface area (Å²) in [5.41, 5.74) is 2.47. The molecule has 1 unspecified atom stereocenters. The van der Waals surface area contributed by atoms with Crippen molar-refractivity contribution in [2.24, 2.45) is 0 Å². The molecular formula is C13H21N3. The molecule has 1 fully saturated rings. The number of nitrogens with one attached hydrogen (secondary N) is 1. The Hall–Kier alpha value is -1.09. The molecule has 1 aromatic rings. The van der Waals surface area contributed by atoms with Gasteiger partial charge in [0.15, 0.2) is 0 Å². The number of nitrogens with zero attached hydrogens (tertiary/aromatic N) is 2. The lowest BCUT2D eigenvalue weighted by Crippen LogP contribution is -2.43. The van der Waals surface area contributed by atoms with Gasteiger partial charge in [-0.25, -0.2) is 0 Å². The fraction of sp³-hybridized carbons (Fsp3) is 0.615. The van der Waals surface area contributed by atoms with Gasteiger partial charge in [0.2, 0.25) is 0 Å². The average Bonchev–Trinajstić information content (AvgIpc) is 2.39. The smallest absolute Gasteiger partial charge is 0.0553 e. The fourth-order valence-corrected chi connectivity index (χ4v) is 2.01. The van der Waals surface area contributed by atoms with Crippen molar-refractivity contribution in [2.45, 2.75) is 26.2 Å². The number of hydrogen-bond acceptors (Lipinski definition) is 3. The van der Waals surface area contributed by atoms with E-state index in [4.69, 9.17) is 0 Å². The zero-order valence-corrected chi connectivity index (χ0v) is 10.2. The van der Waals surface area contributed by atoms with Crippen molar-refractivity contribution in [1.82, 2.24) is 10.3 Å². The average molecular weight is 219 g/mol. The molecule has 3 heteroatoms. The molecule has 1 aromatic heterocycles. The predicted molar refractivity (Wildman–Crippen MR) is 68.0 cm³/mol. The summed E-state index contributed by atoms with van der Waals surface area (Å²) in [5.74, 6) is 0.567. The highest BCUT2D eigenvalue weighted by atomic mass is 15.2. The van der Waals surface area contributed by atoms with Gasteiger partial charge >= 0.3 is 0 Å². The lowest BCUT2D eigenvalue weighted by atomic mass is 10.0. The fourth-order valence-electron chi connectivity index (χ4n) is 2.01. The third kappa shape index (κ3) is 2.53. The molecule has 2 heterocycles. The Labute approximate surface area is 97.9 Å². The van der Waals surface area contributed by atoms with Crippen LogP contribution in [0.3, 0.4) is 0 Å². The van der Waals surface area contributed by atoms with Crippen LogP contribution in [0.5, 0.6) is 0 Å². The second kappa shape index (κ2) is 5.30. The molecule has 0 aromatic carbocycles. The molecule has 1 N–H and O–H groups in total. The molecular weight excluding hydrogens is 198 g/mol. The molecule has 0 amide bonds. The number of piperazine rings is 1. The van der Waals surface area contributed by atoms with E-state index in [1.165, 1.54) is 11.4 Å². The van der Waals surface area contributed by atoms with Gasteiger partial charge in [-0.1, -0.05) is 13.8 Å². The Morgan fingerprint density at radius 2 is 2.12 bits per heavy atom. The maximum atomic E-state index is 4.56. The number of aromatic nitrogens is 1. The lowest BCUT2D eigenvalue weighted by Gasteiger charge is -2.29. The van der Waals surface area contributed by atoms with Gasteiger partial charge in [0.05, 0.1) is 11.9 Å². The van der Waals surface area contributed by atoms with E-state index in [1.54, 1.807) is 0 Å². The highest BCUT2D eigenvalue weighted by molar-refractivity contribution is 5.45. The van der Waals surface area contributed by atoms with Crippen molar-refractivity contribution >= 4 is 5.69 Å². The maximum Gasteiger partial charge on any atom is 0.0553 e. The van der Waals surface area contributed by atoms with Gasteiger partial charge in [0.25, 0.3) is 0 Å². The summed E-state index contributed by atoms with van der Waals surface area (Å²) in [6, 6.07) is 4.38. The van der Waals surface area contributed by atoms with Gasteiger partial charge in [-0.2, -0.15) is 0 Å². The van der Waals surface area contributed by atoms with Crippen LogP contribution in [0.1, 0.15) is 31.9 Å². The van der Waals surface area contributed by atoms with Gasteiger partial charge in [0.1, 0.15) is 0 Å². The van der Waals surface area contributed by atoms with Gasteiger partial charge in [-0.15, -0.1) is 0 Å². The molecule has 0 saturated carbocycles. The van der Waals surface area contributed by atoms with Gasteiger partial charge < -0.3 is 10.2 Å². The van der Waals surface area contributed by atoms with Crippen molar-refractivity contribution in [3.8, 4) is 0 Å². The van der Waals surface area contributed by atoms with E-state index in [9.17, 15) is 0 Å². The third-order valence-electron chi connectivity index (χ3n) is 3.37. The summed E-state index contributed by atoms with van der Waals surface area (Å²) < 4.78 is 0. The van der Waals surface area contributed by atoms with Crippen molar-refractivity contribution in [1.29, 1.82) is 0 Å². The van der Waals surface area contributed by atoms with Crippen LogP contribution in [0.15, 0.2) is 18.3 Å². The minimum atomic E-state index is 0.567. The second-order valence-corrected chi connectivity index (χ2v) is 4.49. The summed E-state index contributed by atoms with van der Waals surface area (Å²) in [6.07, 6.45) is 3.17. The first-order valence-corrected chi connectivity index (χ1v) is 6.23. The highest BCUT2D eigenvalue weighted by Gasteiger charge is 2.11. The molecule has 1 atom stereocenters. The molecule has 0 bridgehead atoms. The normalized spacial score (nSPS) is 18.5. The van der Waals surface area contributed by atoms with Gasteiger partial charge in [-0.3, -0.25) is 4.98 Å². The summed E-state index contributed by atoms with van der Waals surface area (Å²) >= 11 is 0. The van der Waals surface area contributed by atoms with Gasteiger partial charge in [-0.05, 0) is 24.5 Å². The van der Waals surface area contributed by atoms with E-state index in [1.807, 2.05) is 6.20 Å². The molecule has 2 rings (SSSR count). The molecule has 88 valence electrons. The van der Waals surface area contributed by atoms with Crippen LogP contribution in [0.2, 0.25) is 0 Å². The van der Waals surface area contributed by atoms with Crippen molar-refractivity contribution in [3.05, 3.63) is 24.0 Å². The number of hydrogen-bond donors (Lipinski definition) is 1. The molecule has 0 spiro atoms. The molecule has 3 nitrogen and oxygen atoms in total. The minimum Gasteiger partial charge on any atom is -0.368 e. The van der Waals surface area contributed by atoms with E-state index < -0.39 is 0 Å². The summed E-state index contributed by atoms with van der Waals surface area (Å²) in [4.78, 5) is 6.96. The van der Waals surface area contributed by atoms with Crippen molar-refractivity contribution in [3.63, 3.8) is 0 Å². The van der Waals surface area contributed by atoms with Crippen LogP contribution in [0.25, 0.3) is 0 Å². The van der Waals surface area contributed by atoms with E-state index in [0.717, 1.165) is 32.6 Å². The van der Waals surface area contributed by atoms with Gasteiger partial charge in [0, 0.05) is 31.9 Å². The highest BCUT2D eigenvalue weighted by Crippen LogP contribution is 2.19. The van der Waals surface area contributed by atoms with E-state index in [0.29, 0.717) is 5.92 Å². The van der Waals surface area contributed by atoms with Crippen LogP contribution >= 0.6 is 0 Å². The molecule has 0 aliphatic carbocycles. The molecule has 16 heavy (non-hydrogen) atoms. The maximum absolute atomic E-state index is 4.56. The van der Waals surface area contributed by atoms with E-state index in [2.05, 4.69) is 41.2 Å². The second-order valence-electron chi connectivity index (χ2n) is 4.49. The van der Waals surface area contributed by atoms with Crippen LogP contribution in [0.4, 0.5) is 5.69 Å². The zero-order valence-electron chi connectivity index (χ0n) is 10.2. The monoisotopic (exact) mass is 219 g/mol. The quantitative estimate of drug-likeness (QED) is 0.843. The van der Waals surface area contributed by atoms with Crippen molar-refractivity contribution < 1.29 is 0 Å². The molecule has 1 aliphatic rings. The largest absolute Gasteiger partial charge is 0.368 e. The standard InChI is InChI=1S/C13H21N3/c1-3-11(2)13-5-4-12(10-15-13)16-8-6-14-7-9-16/h4-5,10-11,14H,3,6-9H2,1-2H3. The first-order valence-electron chi connectivity index (χ1n) is 6.23. The Morgan fingerprint density at radius 1 is 1.38 bits per heavy atom. The first kappa shape index (κ1) is 11.4. The molecule has 0 radical (unpaired) electrons. The predicted octanol–water partition coefficient (Wildman–Crippen LogP) is 2.00. The molecule has 1 saturated heterocycles. The number of pyridine rings is 1. The van der Waals surface area contributed by atoms with E-state index >= 15 is 0 Å².